The monoisotopic (exact) mass is 274 g/mol. The van der Waals surface area contributed by atoms with Crippen LogP contribution in [0.25, 0.3) is 0 Å². The van der Waals surface area contributed by atoms with Crippen LogP contribution in [0.4, 0.5) is 4.79 Å². The van der Waals surface area contributed by atoms with Crippen molar-refractivity contribution in [3.63, 3.8) is 0 Å². The van der Waals surface area contributed by atoms with Crippen LogP contribution in [0.15, 0.2) is 0 Å². The highest BCUT2D eigenvalue weighted by atomic mass is 32.2. The molecule has 6 nitrogen and oxygen atoms in total. The van der Waals surface area contributed by atoms with E-state index in [4.69, 9.17) is 5.11 Å². The predicted octanol–water partition coefficient (Wildman–Crippen LogP) is -0.0311. The van der Waals surface area contributed by atoms with Crippen molar-refractivity contribution in [2.24, 2.45) is 5.92 Å². The molecular weight excluding hydrogens is 256 g/mol. The lowest BCUT2D eigenvalue weighted by atomic mass is 10.1. The summed E-state index contributed by atoms with van der Waals surface area (Å²) in [6.45, 7) is 0.687. The molecule has 0 radical (unpaired) electrons. The number of rotatable bonds is 3. The van der Waals surface area contributed by atoms with E-state index in [-0.39, 0.29) is 19.0 Å². The first-order valence-electron chi connectivity index (χ1n) is 6.11. The van der Waals surface area contributed by atoms with E-state index in [9.17, 15) is 14.7 Å². The molecule has 2 heterocycles. The number of urea groups is 1. The molecule has 18 heavy (non-hydrogen) atoms. The average Bonchev–Trinajstić information content (AvgIpc) is 2.94. The van der Waals surface area contributed by atoms with Gasteiger partial charge in [-0.3, -0.25) is 0 Å². The minimum Gasteiger partial charge on any atom is -0.480 e. The van der Waals surface area contributed by atoms with Crippen LogP contribution in [0, 0.1) is 5.92 Å². The minimum atomic E-state index is -1.06. The highest BCUT2D eigenvalue weighted by Crippen LogP contribution is 2.23. The Kier molecular flexibility index (Phi) is 4.34. The number of carboxylic acids is 1. The van der Waals surface area contributed by atoms with Crippen molar-refractivity contribution in [3.8, 4) is 0 Å². The highest BCUT2D eigenvalue weighted by molar-refractivity contribution is 7.99. The van der Waals surface area contributed by atoms with Crippen molar-refractivity contribution in [2.45, 2.75) is 25.0 Å². The standard InChI is InChI=1S/C11H18N2O4S/c14-8-3-9(10(15)16)13(5-8)11(17)12-4-7-1-2-18-6-7/h7-9,14H,1-6H2,(H,12,17)(H,15,16)/t7?,8-,9-/m0/s1. The second kappa shape index (κ2) is 5.79. The van der Waals surface area contributed by atoms with Gasteiger partial charge in [0.25, 0.3) is 0 Å². The number of carboxylic acid groups (broad SMARTS) is 1. The Labute approximate surface area is 110 Å². The van der Waals surface area contributed by atoms with Crippen molar-refractivity contribution in [1.29, 1.82) is 0 Å². The Morgan fingerprint density at radius 1 is 1.44 bits per heavy atom. The van der Waals surface area contributed by atoms with E-state index in [0.717, 1.165) is 17.9 Å². The number of nitrogens with one attached hydrogen (secondary N) is 1. The third-order valence-electron chi connectivity index (χ3n) is 3.39. The van der Waals surface area contributed by atoms with Crippen molar-refractivity contribution >= 4 is 23.8 Å². The molecule has 2 aliphatic heterocycles. The maximum Gasteiger partial charge on any atom is 0.326 e. The summed E-state index contributed by atoms with van der Waals surface area (Å²) in [7, 11) is 0. The lowest BCUT2D eigenvalue weighted by molar-refractivity contribution is -0.141. The summed E-state index contributed by atoms with van der Waals surface area (Å²) in [5.41, 5.74) is 0. The molecule has 0 aromatic heterocycles. The van der Waals surface area contributed by atoms with Gasteiger partial charge < -0.3 is 20.4 Å². The molecule has 1 unspecified atom stereocenters. The van der Waals surface area contributed by atoms with E-state index in [1.165, 1.54) is 4.90 Å². The van der Waals surface area contributed by atoms with E-state index in [0.29, 0.717) is 12.5 Å². The molecule has 3 atom stereocenters. The molecule has 2 fully saturated rings. The highest BCUT2D eigenvalue weighted by Gasteiger charge is 2.39. The van der Waals surface area contributed by atoms with Gasteiger partial charge in [-0.05, 0) is 23.8 Å². The van der Waals surface area contributed by atoms with Gasteiger partial charge in [0.15, 0.2) is 0 Å². The quantitative estimate of drug-likeness (QED) is 0.672. The first-order chi connectivity index (χ1) is 8.58. The number of aliphatic hydroxyl groups excluding tert-OH is 1. The molecule has 0 bridgehead atoms. The topological polar surface area (TPSA) is 89.9 Å². The Morgan fingerprint density at radius 3 is 2.83 bits per heavy atom. The molecular formula is C11H18N2O4S. The molecule has 0 spiro atoms. The lowest BCUT2D eigenvalue weighted by Crippen LogP contribution is -2.47. The summed E-state index contributed by atoms with van der Waals surface area (Å²) in [5, 5.41) is 21.2. The van der Waals surface area contributed by atoms with Gasteiger partial charge in [-0.25, -0.2) is 9.59 Å². The van der Waals surface area contributed by atoms with Gasteiger partial charge in [0.1, 0.15) is 6.04 Å². The summed E-state index contributed by atoms with van der Waals surface area (Å²) in [6, 6.07) is -1.28. The Hall–Kier alpha value is -0.950. The SMILES string of the molecule is O=C(O)[C@@H]1C[C@H](O)CN1C(=O)NCC1CCSC1. The van der Waals surface area contributed by atoms with Crippen LogP contribution in [-0.4, -0.2) is 63.9 Å². The summed E-state index contributed by atoms with van der Waals surface area (Å²) < 4.78 is 0. The van der Waals surface area contributed by atoms with Gasteiger partial charge in [0.05, 0.1) is 6.10 Å². The Bertz CT molecular complexity index is 333. The number of hydrogen-bond donors (Lipinski definition) is 3. The molecule has 0 aliphatic carbocycles. The zero-order valence-electron chi connectivity index (χ0n) is 10.0. The van der Waals surface area contributed by atoms with Crippen molar-refractivity contribution in [3.05, 3.63) is 0 Å². The Morgan fingerprint density at radius 2 is 2.22 bits per heavy atom. The molecule has 2 saturated heterocycles. The van der Waals surface area contributed by atoms with E-state index < -0.39 is 18.1 Å². The maximum atomic E-state index is 11.9. The summed E-state index contributed by atoms with van der Waals surface area (Å²) in [6.07, 6.45) is 0.469. The van der Waals surface area contributed by atoms with Gasteiger partial charge in [-0.2, -0.15) is 11.8 Å². The number of thioether (sulfide) groups is 1. The van der Waals surface area contributed by atoms with E-state index in [1.807, 2.05) is 11.8 Å². The molecule has 2 aliphatic rings. The van der Waals surface area contributed by atoms with Crippen LogP contribution in [0.2, 0.25) is 0 Å². The van der Waals surface area contributed by atoms with Crippen molar-refractivity contribution < 1.29 is 19.8 Å². The number of aliphatic carboxylic acids is 1. The van der Waals surface area contributed by atoms with Gasteiger partial charge in [0.2, 0.25) is 0 Å². The molecule has 3 N–H and O–H groups in total. The average molecular weight is 274 g/mol. The number of carbonyl (C=O) groups is 2. The van der Waals surface area contributed by atoms with Crippen LogP contribution < -0.4 is 5.32 Å². The number of likely N-dealkylation sites (tertiary alicyclic amines) is 1. The van der Waals surface area contributed by atoms with Crippen molar-refractivity contribution in [1.82, 2.24) is 10.2 Å². The van der Waals surface area contributed by atoms with Crippen LogP contribution >= 0.6 is 11.8 Å². The van der Waals surface area contributed by atoms with Gasteiger partial charge >= 0.3 is 12.0 Å². The largest absolute Gasteiger partial charge is 0.480 e. The fraction of sp³-hybridized carbons (Fsp3) is 0.818. The molecule has 102 valence electrons. The second-order valence-corrected chi connectivity index (χ2v) is 5.96. The summed E-state index contributed by atoms with van der Waals surface area (Å²) in [5.74, 6) is 1.60. The number of hydrogen-bond acceptors (Lipinski definition) is 4. The van der Waals surface area contributed by atoms with E-state index in [2.05, 4.69) is 5.32 Å². The molecule has 0 saturated carbocycles. The van der Waals surface area contributed by atoms with Crippen LogP contribution in [0.1, 0.15) is 12.8 Å². The molecule has 0 aromatic rings. The minimum absolute atomic E-state index is 0.0994. The lowest BCUT2D eigenvalue weighted by Gasteiger charge is -2.22. The third kappa shape index (κ3) is 3.08. The summed E-state index contributed by atoms with van der Waals surface area (Å²) >= 11 is 1.87. The predicted molar refractivity (Wildman–Crippen MR) is 67.6 cm³/mol. The fourth-order valence-corrected chi connectivity index (χ4v) is 3.63. The Balaban J connectivity index is 1.85. The zero-order chi connectivity index (χ0) is 13.1. The molecule has 2 amide bonds. The number of β-amino-alcohol motifs (C(OH)–C–C–N with tert-alkyl or cyclic N) is 1. The van der Waals surface area contributed by atoms with Crippen LogP contribution in [-0.2, 0) is 4.79 Å². The van der Waals surface area contributed by atoms with Crippen LogP contribution in [0.5, 0.6) is 0 Å². The van der Waals surface area contributed by atoms with Gasteiger partial charge in [-0.15, -0.1) is 0 Å². The van der Waals surface area contributed by atoms with E-state index in [1.54, 1.807) is 0 Å². The van der Waals surface area contributed by atoms with Gasteiger partial charge in [-0.1, -0.05) is 0 Å². The zero-order valence-corrected chi connectivity index (χ0v) is 10.9. The van der Waals surface area contributed by atoms with Gasteiger partial charge in [0, 0.05) is 19.5 Å². The molecule has 0 aromatic carbocycles. The van der Waals surface area contributed by atoms with Crippen molar-refractivity contribution in [2.75, 3.05) is 24.6 Å². The number of carbonyl (C=O) groups excluding carboxylic acids is 1. The smallest absolute Gasteiger partial charge is 0.326 e. The molecule has 2 rings (SSSR count). The number of nitrogens with zero attached hydrogens (tertiary/aromatic N) is 1. The number of amides is 2. The fourth-order valence-electron chi connectivity index (χ4n) is 2.35. The second-order valence-electron chi connectivity index (χ2n) is 4.81. The first kappa shape index (κ1) is 13.5. The normalized spacial score (nSPS) is 31.6. The molecule has 7 heteroatoms. The third-order valence-corrected chi connectivity index (χ3v) is 4.62. The summed E-state index contributed by atoms with van der Waals surface area (Å²) in [4.78, 5) is 24.1. The van der Waals surface area contributed by atoms with E-state index >= 15 is 0 Å². The maximum absolute atomic E-state index is 11.9. The first-order valence-corrected chi connectivity index (χ1v) is 7.26. The number of aliphatic hydroxyl groups is 1. The van der Waals surface area contributed by atoms with Crippen LogP contribution in [0.3, 0.4) is 0 Å².